The molecule has 0 radical (unpaired) electrons. The molecule has 27 heavy (non-hydrogen) atoms. The lowest BCUT2D eigenvalue weighted by Crippen LogP contribution is -2.41. The molecular weight excluding hydrogens is 334 g/mol. The van der Waals surface area contributed by atoms with Gasteiger partial charge >= 0.3 is 0 Å². The average Bonchev–Trinajstić information content (AvgIpc) is 2.62. The molecule has 0 aromatic rings. The fourth-order valence-electron chi connectivity index (χ4n) is 3.30. The maximum atomic E-state index is 12.3. The van der Waals surface area contributed by atoms with Crippen molar-refractivity contribution in [1.29, 1.82) is 0 Å². The van der Waals surface area contributed by atoms with Gasteiger partial charge in [-0.3, -0.25) is 4.79 Å². The van der Waals surface area contributed by atoms with Crippen LogP contribution in [0.15, 0.2) is 34.9 Å². The number of allylic oxidation sites excluding steroid dienone is 6. The van der Waals surface area contributed by atoms with E-state index < -0.39 is 0 Å². The molecule has 3 nitrogen and oxygen atoms in total. The number of rotatable bonds is 11. The lowest BCUT2D eigenvalue weighted by molar-refractivity contribution is -0.136. The van der Waals surface area contributed by atoms with Crippen molar-refractivity contribution in [3.8, 4) is 0 Å². The third-order valence-electron chi connectivity index (χ3n) is 5.16. The lowest BCUT2D eigenvalue weighted by Gasteiger charge is -2.27. The van der Waals surface area contributed by atoms with Crippen molar-refractivity contribution in [1.82, 2.24) is 4.90 Å². The molecule has 0 aromatic heterocycles. The van der Waals surface area contributed by atoms with E-state index in [0.29, 0.717) is 31.5 Å². The minimum absolute atomic E-state index is 0.292. The van der Waals surface area contributed by atoms with Gasteiger partial charge in [0.25, 0.3) is 0 Å². The summed E-state index contributed by atoms with van der Waals surface area (Å²) in [7, 11) is 0. The molecule has 154 valence electrons. The van der Waals surface area contributed by atoms with Crippen molar-refractivity contribution < 1.29 is 9.53 Å². The largest absolute Gasteiger partial charge is 0.378 e. The number of morpholine rings is 1. The van der Waals surface area contributed by atoms with E-state index in [2.05, 4.69) is 52.8 Å². The summed E-state index contributed by atoms with van der Waals surface area (Å²) in [6.45, 7) is 13.9. The topological polar surface area (TPSA) is 29.5 Å². The Labute approximate surface area is 167 Å². The van der Waals surface area contributed by atoms with E-state index in [-0.39, 0.29) is 0 Å². The second kappa shape index (κ2) is 13.8. The second-order valence-electron chi connectivity index (χ2n) is 8.34. The van der Waals surface area contributed by atoms with Crippen LogP contribution in [0.3, 0.4) is 0 Å². The predicted octanol–water partition coefficient (Wildman–Crippen LogP) is 6.07. The molecule has 0 aromatic carbocycles. The number of hydrogen-bond donors (Lipinski definition) is 0. The highest BCUT2D eigenvalue weighted by Gasteiger charge is 2.18. The number of nitrogens with zero attached hydrogens (tertiary/aromatic N) is 1. The van der Waals surface area contributed by atoms with Crippen molar-refractivity contribution in [2.45, 2.75) is 79.6 Å². The molecule has 1 unspecified atom stereocenters. The van der Waals surface area contributed by atoms with Crippen molar-refractivity contribution in [2.75, 3.05) is 26.3 Å². The van der Waals surface area contributed by atoms with Crippen LogP contribution < -0.4 is 0 Å². The molecule has 1 amide bonds. The van der Waals surface area contributed by atoms with Gasteiger partial charge in [0.05, 0.1) is 13.2 Å². The van der Waals surface area contributed by atoms with Crippen LogP contribution >= 0.6 is 0 Å². The summed E-state index contributed by atoms with van der Waals surface area (Å²) in [4.78, 5) is 14.2. The highest BCUT2D eigenvalue weighted by molar-refractivity contribution is 5.76. The number of ether oxygens (including phenoxy) is 1. The second-order valence-corrected chi connectivity index (χ2v) is 8.34. The lowest BCUT2D eigenvalue weighted by atomic mass is 9.99. The van der Waals surface area contributed by atoms with E-state index in [1.54, 1.807) is 0 Å². The van der Waals surface area contributed by atoms with Gasteiger partial charge in [0.1, 0.15) is 0 Å². The van der Waals surface area contributed by atoms with Gasteiger partial charge in [-0.2, -0.15) is 0 Å². The molecule has 1 heterocycles. The van der Waals surface area contributed by atoms with E-state index in [0.717, 1.165) is 45.2 Å². The van der Waals surface area contributed by atoms with Gasteiger partial charge in [-0.25, -0.2) is 0 Å². The Kier molecular flexibility index (Phi) is 12.1. The first-order valence-electron chi connectivity index (χ1n) is 10.7. The Morgan fingerprint density at radius 2 is 1.48 bits per heavy atom. The number of carbonyl (C=O) groups is 1. The van der Waals surface area contributed by atoms with Gasteiger partial charge < -0.3 is 9.64 Å². The average molecular weight is 376 g/mol. The third-order valence-corrected chi connectivity index (χ3v) is 5.16. The predicted molar refractivity (Wildman–Crippen MR) is 116 cm³/mol. The SMILES string of the molecule is CC(C)=CCCC(C)=CCCC(C)=CCCC(C)CC(=O)N1CCOCC1. The minimum Gasteiger partial charge on any atom is -0.378 e. The summed E-state index contributed by atoms with van der Waals surface area (Å²) in [5.41, 5.74) is 4.37. The molecule has 1 fully saturated rings. The van der Waals surface area contributed by atoms with Crippen LogP contribution in [0.5, 0.6) is 0 Å². The van der Waals surface area contributed by atoms with Gasteiger partial charge in [-0.15, -0.1) is 0 Å². The molecule has 1 aliphatic rings. The van der Waals surface area contributed by atoms with E-state index in [9.17, 15) is 4.79 Å². The Balaban J connectivity index is 2.19. The van der Waals surface area contributed by atoms with Gasteiger partial charge in [-0.05, 0) is 72.1 Å². The van der Waals surface area contributed by atoms with Crippen LogP contribution in [0.1, 0.15) is 79.6 Å². The maximum Gasteiger partial charge on any atom is 0.222 e. The minimum atomic E-state index is 0.292. The highest BCUT2D eigenvalue weighted by atomic mass is 16.5. The zero-order valence-electron chi connectivity index (χ0n) is 18.4. The fraction of sp³-hybridized carbons (Fsp3) is 0.708. The molecule has 1 atom stereocenters. The van der Waals surface area contributed by atoms with Crippen LogP contribution in [0, 0.1) is 5.92 Å². The third kappa shape index (κ3) is 11.9. The van der Waals surface area contributed by atoms with Crippen LogP contribution in [0.25, 0.3) is 0 Å². The standard InChI is InChI=1S/C24H41NO2/c1-20(2)9-6-10-21(3)11-7-12-22(4)13-8-14-23(5)19-24(26)25-15-17-27-18-16-25/h9,11,13,23H,6-8,10,12,14-19H2,1-5H3. The van der Waals surface area contributed by atoms with Crippen LogP contribution in [0.4, 0.5) is 0 Å². The first kappa shape index (κ1) is 23.7. The molecule has 1 aliphatic heterocycles. The van der Waals surface area contributed by atoms with E-state index in [4.69, 9.17) is 4.74 Å². The Morgan fingerprint density at radius 3 is 2.07 bits per heavy atom. The summed E-state index contributed by atoms with van der Waals surface area (Å²) in [5, 5.41) is 0. The molecule has 0 spiro atoms. The molecular formula is C24H41NO2. The number of hydrogen-bond acceptors (Lipinski definition) is 2. The summed E-state index contributed by atoms with van der Waals surface area (Å²) >= 11 is 0. The molecule has 0 saturated carbocycles. The van der Waals surface area contributed by atoms with Gasteiger partial charge in [-0.1, -0.05) is 41.9 Å². The number of amides is 1. The quantitative estimate of drug-likeness (QED) is 0.410. The molecule has 0 bridgehead atoms. The maximum absolute atomic E-state index is 12.3. The Bertz CT molecular complexity index is 520. The Morgan fingerprint density at radius 1 is 0.926 bits per heavy atom. The summed E-state index contributed by atoms with van der Waals surface area (Å²) in [6.07, 6.45) is 14.5. The summed E-state index contributed by atoms with van der Waals surface area (Å²) in [6, 6.07) is 0. The van der Waals surface area contributed by atoms with Crippen LogP contribution in [0.2, 0.25) is 0 Å². The smallest absolute Gasteiger partial charge is 0.222 e. The highest BCUT2D eigenvalue weighted by Crippen LogP contribution is 2.16. The molecule has 1 rings (SSSR count). The van der Waals surface area contributed by atoms with Crippen molar-refractivity contribution in [3.05, 3.63) is 34.9 Å². The van der Waals surface area contributed by atoms with Crippen molar-refractivity contribution >= 4 is 5.91 Å². The van der Waals surface area contributed by atoms with Gasteiger partial charge in [0, 0.05) is 19.5 Å². The summed E-state index contributed by atoms with van der Waals surface area (Å²) in [5.74, 6) is 0.738. The molecule has 3 heteroatoms. The monoisotopic (exact) mass is 375 g/mol. The van der Waals surface area contributed by atoms with Crippen LogP contribution in [-0.2, 0) is 9.53 Å². The zero-order chi connectivity index (χ0) is 20.1. The van der Waals surface area contributed by atoms with Crippen LogP contribution in [-0.4, -0.2) is 37.1 Å². The number of carbonyl (C=O) groups excluding carboxylic acids is 1. The first-order chi connectivity index (χ1) is 12.9. The Hall–Kier alpha value is -1.35. The van der Waals surface area contributed by atoms with Gasteiger partial charge in [0.15, 0.2) is 0 Å². The molecule has 0 aliphatic carbocycles. The fourth-order valence-corrected chi connectivity index (χ4v) is 3.30. The first-order valence-corrected chi connectivity index (χ1v) is 10.7. The van der Waals surface area contributed by atoms with E-state index in [1.807, 2.05) is 4.90 Å². The van der Waals surface area contributed by atoms with E-state index in [1.165, 1.54) is 23.1 Å². The zero-order valence-corrected chi connectivity index (χ0v) is 18.4. The molecule has 0 N–H and O–H groups in total. The summed E-state index contributed by atoms with van der Waals surface area (Å²) < 4.78 is 5.31. The van der Waals surface area contributed by atoms with Gasteiger partial charge in [0.2, 0.25) is 5.91 Å². The van der Waals surface area contributed by atoms with Crippen molar-refractivity contribution in [2.24, 2.45) is 5.92 Å². The van der Waals surface area contributed by atoms with E-state index >= 15 is 0 Å². The van der Waals surface area contributed by atoms with Crippen molar-refractivity contribution in [3.63, 3.8) is 0 Å². The normalized spacial score (nSPS) is 17.0. The molecule has 1 saturated heterocycles.